The number of carboxylic acids is 1. The van der Waals surface area contributed by atoms with Gasteiger partial charge in [-0.3, -0.25) is 0 Å². The lowest BCUT2D eigenvalue weighted by molar-refractivity contribution is -0.696. The van der Waals surface area contributed by atoms with Crippen LogP contribution in [-0.2, 0) is 17.9 Å². The van der Waals surface area contributed by atoms with Crippen molar-refractivity contribution in [2.24, 2.45) is 0 Å². The molecule has 1 aromatic carbocycles. The summed E-state index contributed by atoms with van der Waals surface area (Å²) in [6, 6.07) is 10.7. The van der Waals surface area contributed by atoms with Gasteiger partial charge < -0.3 is 9.90 Å². The molecular weight excluding hydrogens is 348 g/mol. The molecule has 0 aliphatic carbocycles. The number of hydrogen-bond donors (Lipinski definition) is 0. The van der Waals surface area contributed by atoms with E-state index in [1.54, 1.807) is 0 Å². The van der Waals surface area contributed by atoms with E-state index in [1.807, 2.05) is 0 Å². The molecule has 0 aliphatic heterocycles. The van der Waals surface area contributed by atoms with Crippen LogP contribution in [0.2, 0.25) is 0 Å². The molecule has 0 saturated heterocycles. The van der Waals surface area contributed by atoms with Crippen LogP contribution in [0.1, 0.15) is 83.6 Å². The maximum atomic E-state index is 8.89. The highest BCUT2D eigenvalue weighted by molar-refractivity contribution is 5.60. The van der Waals surface area contributed by atoms with Crippen LogP contribution in [0.4, 0.5) is 0 Å². The Hall–Kier alpha value is -2.10. The first kappa shape index (κ1) is 23.9. The molecule has 0 saturated carbocycles. The fourth-order valence-corrected chi connectivity index (χ4v) is 3.24. The molecule has 0 bridgehead atoms. The van der Waals surface area contributed by atoms with Gasteiger partial charge in [0.05, 0.1) is 6.54 Å². The molecule has 1 heterocycles. The number of aliphatic carboxylic acids is 1. The Labute approximate surface area is 171 Å². The Morgan fingerprint density at radius 2 is 1.46 bits per heavy atom. The number of carbonyl (C=O) groups excluding carboxylic acids is 1. The summed E-state index contributed by atoms with van der Waals surface area (Å²) in [5, 5.41) is 8.89. The highest BCUT2D eigenvalue weighted by Gasteiger charge is 2.04. The molecule has 2 rings (SSSR count). The van der Waals surface area contributed by atoms with Crippen LogP contribution in [-0.4, -0.2) is 10.5 Å². The summed E-state index contributed by atoms with van der Waals surface area (Å²) < 4.78 is 4.60. The van der Waals surface area contributed by atoms with Gasteiger partial charge in [-0.2, -0.15) is 0 Å². The Morgan fingerprint density at radius 3 is 2.04 bits per heavy atom. The Bertz CT molecular complexity index is 619. The highest BCUT2D eigenvalue weighted by atomic mass is 16.4. The number of rotatable bonds is 13. The van der Waals surface area contributed by atoms with E-state index in [9.17, 15) is 0 Å². The topological polar surface area (TPSA) is 48.9 Å². The second-order valence-corrected chi connectivity index (χ2v) is 7.48. The SMILES string of the molecule is CC(=O)[O-].CCCCCCCCCCCC[n+]1ccn(Cc2ccccc2)c1. The zero-order valence-corrected chi connectivity index (χ0v) is 17.8. The summed E-state index contributed by atoms with van der Waals surface area (Å²) in [6.45, 7) is 5.37. The number of imidazole rings is 1. The molecule has 156 valence electrons. The lowest BCUT2D eigenvalue weighted by Crippen LogP contribution is -2.30. The van der Waals surface area contributed by atoms with Crippen molar-refractivity contribution in [3.63, 3.8) is 0 Å². The van der Waals surface area contributed by atoms with Crippen LogP contribution in [0.25, 0.3) is 0 Å². The number of hydrogen-bond acceptors (Lipinski definition) is 2. The van der Waals surface area contributed by atoms with Gasteiger partial charge in [-0.15, -0.1) is 0 Å². The summed E-state index contributed by atoms with van der Waals surface area (Å²) in [7, 11) is 0. The molecule has 0 unspecified atom stereocenters. The highest BCUT2D eigenvalue weighted by Crippen LogP contribution is 2.10. The van der Waals surface area contributed by atoms with Gasteiger partial charge in [0, 0.05) is 5.97 Å². The molecule has 28 heavy (non-hydrogen) atoms. The number of benzene rings is 1. The summed E-state index contributed by atoms with van der Waals surface area (Å²) >= 11 is 0. The monoisotopic (exact) mass is 386 g/mol. The average molecular weight is 387 g/mol. The van der Waals surface area contributed by atoms with Crippen molar-refractivity contribution in [3.05, 3.63) is 54.6 Å². The van der Waals surface area contributed by atoms with E-state index in [0.717, 1.165) is 20.0 Å². The van der Waals surface area contributed by atoms with Gasteiger partial charge in [0.1, 0.15) is 18.9 Å². The van der Waals surface area contributed by atoms with Crippen LogP contribution < -0.4 is 9.67 Å². The average Bonchev–Trinajstić information content (AvgIpc) is 3.11. The first-order valence-corrected chi connectivity index (χ1v) is 10.9. The smallest absolute Gasteiger partial charge is 0.244 e. The minimum Gasteiger partial charge on any atom is -0.550 e. The maximum Gasteiger partial charge on any atom is 0.244 e. The normalized spacial score (nSPS) is 10.4. The van der Waals surface area contributed by atoms with E-state index in [0.29, 0.717) is 0 Å². The van der Waals surface area contributed by atoms with Crippen LogP contribution in [0.15, 0.2) is 49.1 Å². The Morgan fingerprint density at radius 1 is 0.929 bits per heavy atom. The second kappa shape index (κ2) is 15.9. The van der Waals surface area contributed by atoms with Gasteiger partial charge >= 0.3 is 0 Å². The number of carbonyl (C=O) groups is 1. The van der Waals surface area contributed by atoms with Crippen LogP contribution in [0.3, 0.4) is 0 Å². The molecule has 0 spiro atoms. The van der Waals surface area contributed by atoms with Gasteiger partial charge in [0.25, 0.3) is 0 Å². The fourth-order valence-electron chi connectivity index (χ4n) is 3.24. The summed E-state index contributed by atoms with van der Waals surface area (Å²) in [5.41, 5.74) is 1.36. The van der Waals surface area contributed by atoms with Crippen molar-refractivity contribution in [1.82, 2.24) is 4.57 Å². The van der Waals surface area contributed by atoms with E-state index < -0.39 is 5.97 Å². The molecule has 0 amide bonds. The molecule has 0 radical (unpaired) electrons. The lowest BCUT2D eigenvalue weighted by Gasteiger charge is -2.01. The number of nitrogens with zero attached hydrogens (tertiary/aromatic N) is 2. The van der Waals surface area contributed by atoms with Crippen molar-refractivity contribution in [2.45, 2.75) is 91.1 Å². The number of carboxylic acid groups (broad SMARTS) is 1. The van der Waals surface area contributed by atoms with Crippen LogP contribution >= 0.6 is 0 Å². The van der Waals surface area contributed by atoms with Crippen molar-refractivity contribution in [1.29, 1.82) is 0 Å². The van der Waals surface area contributed by atoms with E-state index in [-0.39, 0.29) is 0 Å². The minimum atomic E-state index is -1.08. The zero-order valence-electron chi connectivity index (χ0n) is 17.8. The third-order valence-corrected chi connectivity index (χ3v) is 4.72. The minimum absolute atomic E-state index is 0.964. The number of aryl methyl sites for hydroxylation is 1. The molecule has 4 heteroatoms. The van der Waals surface area contributed by atoms with Gasteiger partial charge in [-0.25, -0.2) is 9.13 Å². The van der Waals surface area contributed by atoms with Crippen molar-refractivity contribution in [3.8, 4) is 0 Å². The molecule has 0 atom stereocenters. The fraction of sp³-hybridized carbons (Fsp3) is 0.583. The maximum absolute atomic E-state index is 8.89. The van der Waals surface area contributed by atoms with E-state index in [1.165, 1.54) is 69.8 Å². The van der Waals surface area contributed by atoms with E-state index in [4.69, 9.17) is 9.90 Å². The van der Waals surface area contributed by atoms with Gasteiger partial charge in [-0.05, 0) is 25.3 Å². The molecule has 2 aromatic rings. The summed E-state index contributed by atoms with van der Waals surface area (Å²) in [5.74, 6) is -1.08. The van der Waals surface area contributed by atoms with Crippen molar-refractivity contribution >= 4 is 5.97 Å². The number of unbranched alkanes of at least 4 members (excludes halogenated alkanes) is 9. The zero-order chi connectivity index (χ0) is 20.5. The largest absolute Gasteiger partial charge is 0.550 e. The summed E-state index contributed by atoms with van der Waals surface area (Å²) in [4.78, 5) is 8.89. The van der Waals surface area contributed by atoms with Crippen molar-refractivity contribution in [2.75, 3.05) is 0 Å². The Kier molecular flexibility index (Phi) is 13.6. The van der Waals surface area contributed by atoms with Gasteiger partial charge in [0.2, 0.25) is 6.33 Å². The first-order valence-electron chi connectivity index (χ1n) is 10.9. The summed E-state index contributed by atoms with van der Waals surface area (Å²) in [6.07, 6.45) is 20.6. The predicted octanol–water partition coefficient (Wildman–Crippen LogP) is 4.50. The molecule has 1 aromatic heterocycles. The molecule has 4 nitrogen and oxygen atoms in total. The third kappa shape index (κ3) is 13.1. The molecule has 0 N–H and O–H groups in total. The standard InChI is InChI=1S/C22H35N2.C2H4O2/c1-2-3-4-5-6-7-8-9-10-14-17-23-18-19-24(21-23)20-22-15-12-11-13-16-22;1-2(3)4/h11-13,15-16,18-19,21H,2-10,14,17,20H2,1H3;1H3,(H,3,4)/q+1;/p-1. The second-order valence-electron chi connectivity index (χ2n) is 7.48. The quantitative estimate of drug-likeness (QED) is 0.376. The van der Waals surface area contributed by atoms with Gasteiger partial charge in [-0.1, -0.05) is 88.6 Å². The Balaban J connectivity index is 0.000000892. The van der Waals surface area contributed by atoms with E-state index in [2.05, 4.69) is 65.1 Å². The van der Waals surface area contributed by atoms with Gasteiger partial charge in [0.15, 0.2) is 0 Å². The predicted molar refractivity (Wildman–Crippen MR) is 113 cm³/mol. The molecule has 0 aliphatic rings. The number of aromatic nitrogens is 2. The molecule has 0 fully saturated rings. The first-order chi connectivity index (χ1) is 13.6. The van der Waals surface area contributed by atoms with Crippen LogP contribution in [0.5, 0.6) is 0 Å². The van der Waals surface area contributed by atoms with Crippen molar-refractivity contribution < 1.29 is 14.5 Å². The lowest BCUT2D eigenvalue weighted by atomic mass is 10.1. The third-order valence-electron chi connectivity index (χ3n) is 4.72. The van der Waals surface area contributed by atoms with E-state index >= 15 is 0 Å². The molecular formula is C24H38N2O2. The van der Waals surface area contributed by atoms with Crippen LogP contribution in [0, 0.1) is 0 Å².